The van der Waals surface area contributed by atoms with Crippen LogP contribution in [-0.4, -0.2) is 21.9 Å². The van der Waals surface area contributed by atoms with Crippen molar-refractivity contribution >= 4 is 32.9 Å². The highest BCUT2D eigenvalue weighted by Gasteiger charge is 2.36. The zero-order valence-corrected chi connectivity index (χ0v) is 14.2. The van der Waals surface area contributed by atoms with Crippen LogP contribution in [0.1, 0.15) is 19.4 Å². The average Bonchev–Trinajstić information content (AvgIpc) is 2.92. The number of hydrogen-bond acceptors (Lipinski definition) is 6. The summed E-state index contributed by atoms with van der Waals surface area (Å²) in [6.45, 7) is 3.66. The molecule has 26 heavy (non-hydrogen) atoms. The first-order valence-corrected chi connectivity index (χ1v) is 8.35. The molecule has 4 aromatic rings. The average molecular weight is 352 g/mol. The van der Waals surface area contributed by atoms with Gasteiger partial charge in [0.25, 0.3) is 0 Å². The molecule has 0 aliphatic carbocycles. The van der Waals surface area contributed by atoms with Gasteiger partial charge in [-0.15, -0.1) is 0 Å². The number of aliphatic hydroxyl groups excluding tert-OH is 1. The van der Waals surface area contributed by atoms with Gasteiger partial charge in [0.05, 0.1) is 11.5 Å². The third kappa shape index (κ3) is 1.99. The SMILES string of the molecule is CC1(C)Oc2cc3oc4c5ccc(O)cc5oc(=O)c4c3cc2CC1O. The van der Waals surface area contributed by atoms with E-state index in [0.29, 0.717) is 39.5 Å². The summed E-state index contributed by atoms with van der Waals surface area (Å²) in [5.41, 5.74) is 0.772. The fraction of sp³-hybridized carbons (Fsp3) is 0.250. The predicted octanol–water partition coefficient (Wildman–Crippen LogP) is 3.47. The number of benzene rings is 2. The lowest BCUT2D eigenvalue weighted by Gasteiger charge is -2.36. The van der Waals surface area contributed by atoms with Gasteiger partial charge >= 0.3 is 5.63 Å². The van der Waals surface area contributed by atoms with Gasteiger partial charge in [-0.25, -0.2) is 4.79 Å². The number of aliphatic hydroxyl groups is 1. The number of fused-ring (bicyclic) bond motifs is 6. The Bertz CT molecular complexity index is 1260. The minimum atomic E-state index is -0.698. The minimum absolute atomic E-state index is 0.0104. The molecule has 0 amide bonds. The highest BCUT2D eigenvalue weighted by atomic mass is 16.5. The fourth-order valence-corrected chi connectivity index (χ4v) is 3.56. The minimum Gasteiger partial charge on any atom is -0.508 e. The largest absolute Gasteiger partial charge is 0.508 e. The first kappa shape index (κ1) is 15.3. The van der Waals surface area contributed by atoms with E-state index in [1.165, 1.54) is 12.1 Å². The Morgan fingerprint density at radius 3 is 2.65 bits per heavy atom. The summed E-state index contributed by atoms with van der Waals surface area (Å²) in [7, 11) is 0. The smallest absolute Gasteiger partial charge is 0.348 e. The van der Waals surface area contributed by atoms with Crippen molar-refractivity contribution in [2.45, 2.75) is 32.0 Å². The lowest BCUT2D eigenvalue weighted by Crippen LogP contribution is -2.46. The molecule has 0 saturated heterocycles. The molecule has 5 rings (SSSR count). The second-order valence-electron chi connectivity index (χ2n) is 7.26. The molecule has 2 aromatic heterocycles. The van der Waals surface area contributed by atoms with Gasteiger partial charge in [-0.05, 0) is 37.6 Å². The summed E-state index contributed by atoms with van der Waals surface area (Å²) in [4.78, 5) is 12.5. The van der Waals surface area contributed by atoms with Crippen LogP contribution in [0.25, 0.3) is 32.9 Å². The number of phenols is 1. The number of phenolic OH excluding ortho intramolecular Hbond substituents is 1. The van der Waals surface area contributed by atoms with Crippen molar-refractivity contribution in [2.75, 3.05) is 0 Å². The molecule has 0 bridgehead atoms. The fourth-order valence-electron chi connectivity index (χ4n) is 3.56. The van der Waals surface area contributed by atoms with Crippen molar-refractivity contribution in [3.8, 4) is 11.5 Å². The van der Waals surface area contributed by atoms with Gasteiger partial charge in [-0.2, -0.15) is 0 Å². The van der Waals surface area contributed by atoms with Crippen LogP contribution in [-0.2, 0) is 6.42 Å². The number of furan rings is 1. The van der Waals surface area contributed by atoms with Crippen LogP contribution in [0, 0.1) is 0 Å². The van der Waals surface area contributed by atoms with E-state index >= 15 is 0 Å². The molecule has 0 radical (unpaired) electrons. The standard InChI is InChI=1S/C20H16O6/c1-20(2)16(22)6-9-5-12-15(8-13(9)26-20)24-18-11-4-3-10(21)7-14(11)25-19(23)17(12)18/h3-5,7-8,16,21-22H,6H2,1-2H3. The number of hydrogen-bond donors (Lipinski definition) is 2. The van der Waals surface area contributed by atoms with E-state index in [0.717, 1.165) is 5.56 Å². The van der Waals surface area contributed by atoms with Crippen LogP contribution in [0.4, 0.5) is 0 Å². The summed E-state index contributed by atoms with van der Waals surface area (Å²) in [5.74, 6) is 0.648. The third-order valence-electron chi connectivity index (χ3n) is 5.08. The van der Waals surface area contributed by atoms with Gasteiger partial charge < -0.3 is 23.8 Å². The van der Waals surface area contributed by atoms with E-state index in [-0.39, 0.29) is 11.3 Å². The molecule has 3 heterocycles. The number of aromatic hydroxyl groups is 1. The molecular formula is C20H16O6. The molecule has 1 unspecified atom stereocenters. The molecule has 0 spiro atoms. The molecule has 2 N–H and O–H groups in total. The Morgan fingerprint density at radius 2 is 1.85 bits per heavy atom. The van der Waals surface area contributed by atoms with E-state index in [1.807, 2.05) is 19.9 Å². The molecule has 132 valence electrons. The van der Waals surface area contributed by atoms with Crippen molar-refractivity contribution in [1.82, 2.24) is 0 Å². The summed E-state index contributed by atoms with van der Waals surface area (Å²) in [6.07, 6.45) is -0.219. The zero-order chi connectivity index (χ0) is 18.2. The maximum atomic E-state index is 12.5. The van der Waals surface area contributed by atoms with E-state index in [2.05, 4.69) is 0 Å². The highest BCUT2D eigenvalue weighted by molar-refractivity contribution is 6.13. The molecule has 1 atom stereocenters. The normalized spacial score (nSPS) is 19.0. The maximum absolute atomic E-state index is 12.5. The maximum Gasteiger partial charge on any atom is 0.348 e. The molecular weight excluding hydrogens is 336 g/mol. The van der Waals surface area contributed by atoms with Gasteiger partial charge in [0, 0.05) is 23.9 Å². The van der Waals surface area contributed by atoms with Crippen molar-refractivity contribution in [3.63, 3.8) is 0 Å². The molecule has 1 aliphatic rings. The Hall–Kier alpha value is -2.99. The van der Waals surface area contributed by atoms with Gasteiger partial charge in [0.15, 0.2) is 5.58 Å². The molecule has 0 saturated carbocycles. The molecule has 6 heteroatoms. The second-order valence-corrected chi connectivity index (χ2v) is 7.26. The lowest BCUT2D eigenvalue weighted by atomic mass is 9.90. The van der Waals surface area contributed by atoms with Crippen LogP contribution in [0.5, 0.6) is 11.5 Å². The predicted molar refractivity (Wildman–Crippen MR) is 95.8 cm³/mol. The summed E-state index contributed by atoms with van der Waals surface area (Å²) < 4.78 is 17.3. The first-order valence-electron chi connectivity index (χ1n) is 8.35. The second kappa shape index (κ2) is 4.80. The number of ether oxygens (including phenoxy) is 1. The van der Waals surface area contributed by atoms with E-state index in [4.69, 9.17) is 13.6 Å². The van der Waals surface area contributed by atoms with Gasteiger partial charge in [-0.1, -0.05) is 0 Å². The Labute approximate surface area is 147 Å². The Morgan fingerprint density at radius 1 is 1.08 bits per heavy atom. The zero-order valence-electron chi connectivity index (χ0n) is 14.2. The first-order chi connectivity index (χ1) is 12.3. The van der Waals surface area contributed by atoms with Gasteiger partial charge in [0.1, 0.15) is 33.7 Å². The summed E-state index contributed by atoms with van der Waals surface area (Å²) in [6, 6.07) is 8.13. The molecule has 6 nitrogen and oxygen atoms in total. The molecule has 2 aromatic carbocycles. The monoisotopic (exact) mass is 352 g/mol. The third-order valence-corrected chi connectivity index (χ3v) is 5.08. The Kier molecular flexibility index (Phi) is 2.82. The number of rotatable bonds is 0. The van der Waals surface area contributed by atoms with Gasteiger partial charge in [-0.3, -0.25) is 0 Å². The summed E-state index contributed by atoms with van der Waals surface area (Å²) >= 11 is 0. The molecule has 1 aliphatic heterocycles. The van der Waals surface area contributed by atoms with Crippen LogP contribution in [0.2, 0.25) is 0 Å². The quantitative estimate of drug-likeness (QED) is 0.471. The lowest BCUT2D eigenvalue weighted by molar-refractivity contribution is -0.0410. The highest BCUT2D eigenvalue weighted by Crippen LogP contribution is 2.40. The Balaban J connectivity index is 1.87. The van der Waals surface area contributed by atoms with E-state index < -0.39 is 17.3 Å². The van der Waals surface area contributed by atoms with Gasteiger partial charge in [0.2, 0.25) is 0 Å². The van der Waals surface area contributed by atoms with Crippen molar-refractivity contribution in [3.05, 3.63) is 46.3 Å². The van der Waals surface area contributed by atoms with Crippen LogP contribution in [0.15, 0.2) is 44.0 Å². The summed E-state index contributed by atoms with van der Waals surface area (Å²) in [5, 5.41) is 21.5. The molecule has 0 fully saturated rings. The van der Waals surface area contributed by atoms with Crippen molar-refractivity contribution < 1.29 is 23.8 Å². The topological polar surface area (TPSA) is 93.0 Å². The van der Waals surface area contributed by atoms with Crippen LogP contribution < -0.4 is 10.4 Å². The van der Waals surface area contributed by atoms with E-state index in [1.54, 1.807) is 12.1 Å². The van der Waals surface area contributed by atoms with Crippen LogP contribution in [0.3, 0.4) is 0 Å². The van der Waals surface area contributed by atoms with Crippen molar-refractivity contribution in [2.24, 2.45) is 0 Å². The van der Waals surface area contributed by atoms with Crippen molar-refractivity contribution in [1.29, 1.82) is 0 Å². The van der Waals surface area contributed by atoms with E-state index in [9.17, 15) is 15.0 Å². The van der Waals surface area contributed by atoms with Crippen LogP contribution >= 0.6 is 0 Å².